The number of para-hydroxylation sites is 1. The second-order valence-corrected chi connectivity index (χ2v) is 7.74. The van der Waals surface area contributed by atoms with Crippen LogP contribution in [0.2, 0.25) is 0 Å². The van der Waals surface area contributed by atoms with Gasteiger partial charge in [-0.3, -0.25) is 4.57 Å². The summed E-state index contributed by atoms with van der Waals surface area (Å²) in [5, 5.41) is 9.88. The van der Waals surface area contributed by atoms with Crippen molar-refractivity contribution < 1.29 is 9.47 Å². The van der Waals surface area contributed by atoms with Gasteiger partial charge in [0.05, 0.1) is 14.2 Å². The van der Waals surface area contributed by atoms with Crippen molar-refractivity contribution in [1.82, 2.24) is 14.8 Å². The highest BCUT2D eigenvalue weighted by Crippen LogP contribution is 2.33. The minimum atomic E-state index is 0.709. The molecule has 1 aromatic heterocycles. The van der Waals surface area contributed by atoms with Crippen molar-refractivity contribution in [2.24, 2.45) is 0 Å². The maximum Gasteiger partial charge on any atom is 0.196 e. The smallest absolute Gasteiger partial charge is 0.196 e. The van der Waals surface area contributed by atoms with E-state index >= 15 is 0 Å². The number of hydrogen-bond donors (Lipinski definition) is 0. The Hall–Kier alpha value is -3.25. The van der Waals surface area contributed by atoms with Crippen LogP contribution in [0.5, 0.6) is 11.5 Å². The minimum absolute atomic E-state index is 0.709. The van der Waals surface area contributed by atoms with E-state index in [0.717, 1.165) is 28.0 Å². The molecule has 0 spiro atoms. The fourth-order valence-electron chi connectivity index (χ4n) is 3.21. The molecule has 0 saturated carbocycles. The molecule has 0 aliphatic rings. The van der Waals surface area contributed by atoms with Crippen LogP contribution in [-0.2, 0) is 5.75 Å². The number of benzene rings is 3. The standard InChI is InChI=1S/C24H23N3O2S/c1-17-9-7-8-10-18(17)16-30-24-26-25-23(27(24)20-11-5-4-6-12-20)19-13-21(28-2)15-22(14-19)29-3/h4-15H,16H2,1-3H3. The largest absolute Gasteiger partial charge is 0.497 e. The van der Waals surface area contributed by atoms with Crippen LogP contribution in [0, 0.1) is 6.92 Å². The third kappa shape index (κ3) is 4.19. The van der Waals surface area contributed by atoms with Gasteiger partial charge in [0.25, 0.3) is 0 Å². The summed E-state index contributed by atoms with van der Waals surface area (Å²) >= 11 is 1.67. The van der Waals surface area contributed by atoms with Crippen molar-refractivity contribution in [3.8, 4) is 28.6 Å². The molecule has 0 atom stereocenters. The molecule has 0 aliphatic carbocycles. The van der Waals surface area contributed by atoms with Gasteiger partial charge in [-0.05, 0) is 42.3 Å². The maximum absolute atomic E-state index is 5.45. The van der Waals surface area contributed by atoms with Crippen LogP contribution >= 0.6 is 11.8 Å². The van der Waals surface area contributed by atoms with Crippen molar-refractivity contribution in [2.45, 2.75) is 17.8 Å². The topological polar surface area (TPSA) is 49.2 Å². The molecule has 30 heavy (non-hydrogen) atoms. The van der Waals surface area contributed by atoms with E-state index in [0.29, 0.717) is 11.5 Å². The average molecular weight is 418 g/mol. The highest BCUT2D eigenvalue weighted by Gasteiger charge is 2.18. The quantitative estimate of drug-likeness (QED) is 0.369. The Morgan fingerprint density at radius 2 is 1.50 bits per heavy atom. The molecule has 5 nitrogen and oxygen atoms in total. The lowest BCUT2D eigenvalue weighted by Crippen LogP contribution is -2.00. The summed E-state index contributed by atoms with van der Waals surface area (Å²) in [4.78, 5) is 0. The number of methoxy groups -OCH3 is 2. The Morgan fingerprint density at radius 3 is 2.17 bits per heavy atom. The van der Waals surface area contributed by atoms with Crippen molar-refractivity contribution in [2.75, 3.05) is 14.2 Å². The zero-order valence-electron chi connectivity index (χ0n) is 17.2. The first-order valence-electron chi connectivity index (χ1n) is 9.61. The lowest BCUT2D eigenvalue weighted by molar-refractivity contribution is 0.394. The van der Waals surface area contributed by atoms with E-state index in [2.05, 4.69) is 58.1 Å². The fourth-order valence-corrected chi connectivity index (χ4v) is 4.24. The van der Waals surface area contributed by atoms with Gasteiger partial charge in [0.15, 0.2) is 11.0 Å². The third-order valence-corrected chi connectivity index (χ3v) is 5.85. The highest BCUT2D eigenvalue weighted by molar-refractivity contribution is 7.98. The first kappa shape index (κ1) is 20.0. The molecular weight excluding hydrogens is 394 g/mol. The van der Waals surface area contributed by atoms with Crippen LogP contribution in [0.15, 0.2) is 78.0 Å². The van der Waals surface area contributed by atoms with Crippen molar-refractivity contribution in [3.63, 3.8) is 0 Å². The number of thioether (sulfide) groups is 1. The number of nitrogens with zero attached hydrogens (tertiary/aromatic N) is 3. The Morgan fingerprint density at radius 1 is 0.833 bits per heavy atom. The summed E-state index contributed by atoms with van der Waals surface area (Å²) in [7, 11) is 3.29. The van der Waals surface area contributed by atoms with E-state index in [9.17, 15) is 0 Å². The van der Waals surface area contributed by atoms with E-state index in [1.54, 1.807) is 26.0 Å². The lowest BCUT2D eigenvalue weighted by atomic mass is 10.1. The van der Waals surface area contributed by atoms with Gasteiger partial charge in [0, 0.05) is 23.1 Å². The van der Waals surface area contributed by atoms with Crippen LogP contribution in [0.3, 0.4) is 0 Å². The molecular formula is C24H23N3O2S. The summed E-state index contributed by atoms with van der Waals surface area (Å²) < 4.78 is 13.0. The molecule has 0 radical (unpaired) electrons. The van der Waals surface area contributed by atoms with Crippen LogP contribution in [0.4, 0.5) is 0 Å². The maximum atomic E-state index is 5.45. The Bertz CT molecular complexity index is 1120. The molecule has 0 N–H and O–H groups in total. The summed E-state index contributed by atoms with van der Waals surface area (Å²) in [6.07, 6.45) is 0. The summed E-state index contributed by atoms with van der Waals surface area (Å²) in [5.41, 5.74) is 4.44. The molecule has 152 valence electrons. The zero-order chi connectivity index (χ0) is 20.9. The van der Waals surface area contributed by atoms with Gasteiger partial charge in [-0.25, -0.2) is 0 Å². The van der Waals surface area contributed by atoms with E-state index in [1.165, 1.54) is 11.1 Å². The fraction of sp³-hybridized carbons (Fsp3) is 0.167. The normalized spacial score (nSPS) is 10.8. The first-order chi connectivity index (χ1) is 14.7. The lowest BCUT2D eigenvalue weighted by Gasteiger charge is -2.12. The van der Waals surface area contributed by atoms with E-state index in [1.807, 2.05) is 36.4 Å². The zero-order valence-corrected chi connectivity index (χ0v) is 18.0. The molecule has 4 aromatic rings. The van der Waals surface area contributed by atoms with Gasteiger partial charge in [-0.2, -0.15) is 0 Å². The molecule has 0 bridgehead atoms. The predicted octanol–water partition coefficient (Wildman–Crippen LogP) is 5.55. The molecule has 0 fully saturated rings. The van der Waals surface area contributed by atoms with Gasteiger partial charge in [-0.1, -0.05) is 54.2 Å². The number of rotatable bonds is 7. The molecule has 6 heteroatoms. The Kier molecular flexibility index (Phi) is 6.05. The third-order valence-electron chi connectivity index (χ3n) is 4.88. The van der Waals surface area contributed by atoms with E-state index in [-0.39, 0.29) is 0 Å². The van der Waals surface area contributed by atoms with Crippen molar-refractivity contribution in [1.29, 1.82) is 0 Å². The van der Waals surface area contributed by atoms with Crippen LogP contribution in [-0.4, -0.2) is 29.0 Å². The predicted molar refractivity (Wildman–Crippen MR) is 121 cm³/mol. The second-order valence-electron chi connectivity index (χ2n) is 6.79. The summed E-state index contributed by atoms with van der Waals surface area (Å²) in [6.45, 7) is 2.13. The SMILES string of the molecule is COc1cc(OC)cc(-c2nnc(SCc3ccccc3C)n2-c2ccccc2)c1. The van der Waals surface area contributed by atoms with E-state index in [4.69, 9.17) is 9.47 Å². The van der Waals surface area contributed by atoms with Gasteiger partial charge in [0.1, 0.15) is 11.5 Å². The van der Waals surface area contributed by atoms with Gasteiger partial charge in [0.2, 0.25) is 0 Å². The molecule has 0 unspecified atom stereocenters. The monoisotopic (exact) mass is 417 g/mol. The Labute approximate surface area is 180 Å². The molecule has 3 aromatic carbocycles. The highest BCUT2D eigenvalue weighted by atomic mass is 32.2. The van der Waals surface area contributed by atoms with Crippen LogP contribution < -0.4 is 9.47 Å². The number of ether oxygens (including phenoxy) is 2. The van der Waals surface area contributed by atoms with Crippen molar-refractivity contribution in [3.05, 3.63) is 83.9 Å². The van der Waals surface area contributed by atoms with Crippen LogP contribution in [0.1, 0.15) is 11.1 Å². The average Bonchev–Trinajstić information content (AvgIpc) is 3.22. The molecule has 0 aliphatic heterocycles. The van der Waals surface area contributed by atoms with Gasteiger partial charge < -0.3 is 9.47 Å². The van der Waals surface area contributed by atoms with Crippen molar-refractivity contribution >= 4 is 11.8 Å². The first-order valence-corrected chi connectivity index (χ1v) is 10.6. The second kappa shape index (κ2) is 9.05. The number of hydrogen-bond acceptors (Lipinski definition) is 5. The Balaban J connectivity index is 1.78. The minimum Gasteiger partial charge on any atom is -0.497 e. The molecule has 0 amide bonds. The van der Waals surface area contributed by atoms with Crippen LogP contribution in [0.25, 0.3) is 17.1 Å². The molecule has 4 rings (SSSR count). The van der Waals surface area contributed by atoms with Gasteiger partial charge >= 0.3 is 0 Å². The summed E-state index contributed by atoms with van der Waals surface area (Å²) in [5.74, 6) is 2.98. The molecule has 1 heterocycles. The molecule has 0 saturated heterocycles. The van der Waals surface area contributed by atoms with Gasteiger partial charge in [-0.15, -0.1) is 10.2 Å². The number of aromatic nitrogens is 3. The number of aryl methyl sites for hydroxylation is 1. The van der Waals surface area contributed by atoms with E-state index < -0.39 is 0 Å². The summed E-state index contributed by atoms with van der Waals surface area (Å²) in [6, 6.07) is 24.3.